The standard InChI is InChI=1S/C12H17BrN2O3S/c1-9(2)19(17,18)15(8-12(14)16)7-10-3-5-11(13)6-4-10/h3-6,9H,7-8H2,1-2H3,(H2,14,16). The van der Waals surface area contributed by atoms with Crippen molar-refractivity contribution >= 4 is 31.9 Å². The van der Waals surface area contributed by atoms with Crippen LogP contribution in [0, 0.1) is 0 Å². The summed E-state index contributed by atoms with van der Waals surface area (Å²) in [6.07, 6.45) is 0. The average Bonchev–Trinajstić information content (AvgIpc) is 2.30. The molecule has 1 aromatic rings. The molecule has 0 heterocycles. The third-order valence-corrected chi connectivity index (χ3v) is 5.26. The number of carbonyl (C=O) groups is 1. The molecule has 0 bridgehead atoms. The monoisotopic (exact) mass is 348 g/mol. The van der Waals surface area contributed by atoms with Gasteiger partial charge in [-0.15, -0.1) is 0 Å². The van der Waals surface area contributed by atoms with Gasteiger partial charge >= 0.3 is 0 Å². The first-order valence-corrected chi connectivity index (χ1v) is 8.05. The summed E-state index contributed by atoms with van der Waals surface area (Å²) in [5.41, 5.74) is 5.92. The minimum absolute atomic E-state index is 0.136. The van der Waals surface area contributed by atoms with Crippen LogP contribution in [0.1, 0.15) is 19.4 Å². The van der Waals surface area contributed by atoms with Crippen LogP contribution in [0.15, 0.2) is 28.7 Å². The number of nitrogens with two attached hydrogens (primary N) is 1. The first-order valence-electron chi connectivity index (χ1n) is 5.75. The fraction of sp³-hybridized carbons (Fsp3) is 0.417. The van der Waals surface area contributed by atoms with Crippen molar-refractivity contribution in [2.75, 3.05) is 6.54 Å². The van der Waals surface area contributed by atoms with E-state index in [2.05, 4.69) is 15.9 Å². The molecule has 0 unspecified atom stereocenters. The highest BCUT2D eigenvalue weighted by molar-refractivity contribution is 9.10. The molecule has 0 aromatic heterocycles. The second-order valence-electron chi connectivity index (χ2n) is 4.45. The summed E-state index contributed by atoms with van der Waals surface area (Å²) in [6.45, 7) is 2.98. The van der Waals surface area contributed by atoms with Crippen molar-refractivity contribution in [1.82, 2.24) is 4.31 Å². The number of benzene rings is 1. The van der Waals surface area contributed by atoms with Crippen molar-refractivity contribution in [3.05, 3.63) is 34.3 Å². The summed E-state index contributed by atoms with van der Waals surface area (Å²) in [5, 5.41) is -0.595. The van der Waals surface area contributed by atoms with Crippen molar-refractivity contribution in [1.29, 1.82) is 0 Å². The number of rotatable bonds is 6. The lowest BCUT2D eigenvalue weighted by atomic mass is 10.2. The molecule has 5 nitrogen and oxygen atoms in total. The molecule has 1 amide bonds. The van der Waals surface area contributed by atoms with Crippen LogP contribution < -0.4 is 5.73 Å². The molecular formula is C12H17BrN2O3S. The SMILES string of the molecule is CC(C)S(=O)(=O)N(CC(N)=O)Cc1ccc(Br)cc1. The average molecular weight is 349 g/mol. The molecule has 0 saturated carbocycles. The van der Waals surface area contributed by atoms with Crippen molar-refractivity contribution in [3.8, 4) is 0 Å². The maximum absolute atomic E-state index is 12.1. The molecular weight excluding hydrogens is 332 g/mol. The summed E-state index contributed by atoms with van der Waals surface area (Å²) in [4.78, 5) is 11.0. The van der Waals surface area contributed by atoms with Gasteiger partial charge in [0.15, 0.2) is 0 Å². The zero-order valence-corrected chi connectivity index (χ0v) is 13.2. The zero-order chi connectivity index (χ0) is 14.6. The van der Waals surface area contributed by atoms with Gasteiger partial charge in [0.2, 0.25) is 15.9 Å². The third-order valence-electron chi connectivity index (χ3n) is 2.56. The summed E-state index contributed by atoms with van der Waals surface area (Å²) in [6, 6.07) is 7.24. The lowest BCUT2D eigenvalue weighted by Gasteiger charge is -2.23. The van der Waals surface area contributed by atoms with Gasteiger partial charge in [0, 0.05) is 11.0 Å². The fourth-order valence-corrected chi connectivity index (χ4v) is 3.00. The molecule has 0 aliphatic rings. The Hall–Kier alpha value is -0.920. The lowest BCUT2D eigenvalue weighted by Crippen LogP contribution is -2.41. The first-order chi connectivity index (χ1) is 8.73. The minimum Gasteiger partial charge on any atom is -0.369 e. The predicted molar refractivity (Wildman–Crippen MR) is 77.8 cm³/mol. The van der Waals surface area contributed by atoms with Gasteiger partial charge in [0.05, 0.1) is 11.8 Å². The first kappa shape index (κ1) is 16.1. The smallest absolute Gasteiger partial charge is 0.232 e. The highest BCUT2D eigenvalue weighted by Gasteiger charge is 2.27. The maximum atomic E-state index is 12.1. The van der Waals surface area contributed by atoms with Gasteiger partial charge in [-0.25, -0.2) is 8.42 Å². The number of hydrogen-bond acceptors (Lipinski definition) is 3. The van der Waals surface area contributed by atoms with Crippen LogP contribution >= 0.6 is 15.9 Å². The van der Waals surface area contributed by atoms with Gasteiger partial charge < -0.3 is 5.73 Å². The van der Waals surface area contributed by atoms with Gasteiger partial charge in [-0.05, 0) is 31.5 Å². The second-order valence-corrected chi connectivity index (χ2v) is 7.86. The Bertz CT molecular complexity index is 541. The van der Waals surface area contributed by atoms with Gasteiger partial charge in [-0.2, -0.15) is 4.31 Å². The number of carbonyl (C=O) groups excluding carboxylic acids is 1. The van der Waals surface area contributed by atoms with E-state index in [-0.39, 0.29) is 13.1 Å². The summed E-state index contributed by atoms with van der Waals surface area (Å²) in [5.74, 6) is -0.665. The molecule has 0 spiro atoms. The zero-order valence-electron chi connectivity index (χ0n) is 10.8. The molecule has 0 radical (unpaired) electrons. The van der Waals surface area contributed by atoms with E-state index in [1.54, 1.807) is 26.0 Å². The normalized spacial score (nSPS) is 12.1. The van der Waals surface area contributed by atoms with Crippen LogP contribution in [0.3, 0.4) is 0 Å². The van der Waals surface area contributed by atoms with Crippen LogP contribution in [0.25, 0.3) is 0 Å². The highest BCUT2D eigenvalue weighted by atomic mass is 79.9. The Morgan fingerprint density at radius 1 is 1.32 bits per heavy atom. The quantitative estimate of drug-likeness (QED) is 0.845. The van der Waals surface area contributed by atoms with Crippen molar-refractivity contribution in [2.45, 2.75) is 25.6 Å². The molecule has 0 aliphatic carbocycles. The summed E-state index contributed by atoms with van der Waals surface area (Å²) in [7, 11) is -3.52. The van der Waals surface area contributed by atoms with Crippen LogP contribution in [-0.4, -0.2) is 30.4 Å². The van der Waals surface area contributed by atoms with Crippen molar-refractivity contribution in [2.24, 2.45) is 5.73 Å². The molecule has 2 N–H and O–H groups in total. The van der Waals surface area contributed by atoms with Gasteiger partial charge in [-0.3, -0.25) is 4.79 Å². The molecule has 0 fully saturated rings. The predicted octanol–water partition coefficient (Wildman–Crippen LogP) is 1.47. The van der Waals surface area contributed by atoms with E-state index in [9.17, 15) is 13.2 Å². The summed E-state index contributed by atoms with van der Waals surface area (Å²) < 4.78 is 26.3. The topological polar surface area (TPSA) is 80.5 Å². The second kappa shape index (κ2) is 6.49. The molecule has 0 saturated heterocycles. The number of amides is 1. The Labute approximate surface area is 122 Å². The van der Waals surface area contributed by atoms with E-state index in [4.69, 9.17) is 5.73 Å². The molecule has 0 atom stereocenters. The number of nitrogens with zero attached hydrogens (tertiary/aromatic N) is 1. The Morgan fingerprint density at radius 3 is 2.26 bits per heavy atom. The maximum Gasteiger partial charge on any atom is 0.232 e. The van der Waals surface area contributed by atoms with Gasteiger partial charge in [0.25, 0.3) is 0 Å². The molecule has 0 aliphatic heterocycles. The van der Waals surface area contributed by atoms with Crippen molar-refractivity contribution < 1.29 is 13.2 Å². The van der Waals surface area contributed by atoms with Gasteiger partial charge in [-0.1, -0.05) is 28.1 Å². The van der Waals surface area contributed by atoms with E-state index in [0.29, 0.717) is 0 Å². The number of halogens is 1. The van der Waals surface area contributed by atoms with Crippen LogP contribution in [0.2, 0.25) is 0 Å². The Kier molecular flexibility index (Phi) is 5.51. The molecule has 106 valence electrons. The summed E-state index contributed by atoms with van der Waals surface area (Å²) >= 11 is 3.31. The largest absolute Gasteiger partial charge is 0.369 e. The number of hydrogen-bond donors (Lipinski definition) is 1. The van der Waals surface area contributed by atoms with E-state index in [1.807, 2.05) is 12.1 Å². The number of primary amides is 1. The van der Waals surface area contributed by atoms with E-state index >= 15 is 0 Å². The van der Waals surface area contributed by atoms with E-state index < -0.39 is 21.2 Å². The Morgan fingerprint density at radius 2 is 1.84 bits per heavy atom. The van der Waals surface area contributed by atoms with Crippen molar-refractivity contribution in [3.63, 3.8) is 0 Å². The molecule has 7 heteroatoms. The van der Waals surface area contributed by atoms with E-state index in [1.165, 1.54) is 0 Å². The number of sulfonamides is 1. The van der Waals surface area contributed by atoms with Crippen LogP contribution in [0.5, 0.6) is 0 Å². The van der Waals surface area contributed by atoms with Gasteiger partial charge in [0.1, 0.15) is 0 Å². The fourth-order valence-electron chi connectivity index (χ4n) is 1.50. The minimum atomic E-state index is -3.52. The van der Waals surface area contributed by atoms with E-state index in [0.717, 1.165) is 14.3 Å². The Balaban J connectivity index is 2.99. The highest BCUT2D eigenvalue weighted by Crippen LogP contribution is 2.16. The van der Waals surface area contributed by atoms with Crippen LogP contribution in [-0.2, 0) is 21.4 Å². The molecule has 1 rings (SSSR count). The van der Waals surface area contributed by atoms with Crippen LogP contribution in [0.4, 0.5) is 0 Å². The molecule has 1 aromatic carbocycles. The lowest BCUT2D eigenvalue weighted by molar-refractivity contribution is -0.118. The molecule has 19 heavy (non-hydrogen) atoms. The third kappa shape index (κ3) is 4.59.